The number of halogens is 3. The third-order valence-corrected chi connectivity index (χ3v) is 9.20. The van der Waals surface area contributed by atoms with E-state index in [4.69, 9.17) is 18.9 Å². The molecule has 0 unspecified atom stereocenters. The monoisotopic (exact) mass is 757 g/mol. The lowest BCUT2D eigenvalue weighted by Gasteiger charge is -2.35. The van der Waals surface area contributed by atoms with E-state index in [0.29, 0.717) is 48.1 Å². The molecule has 0 aliphatic carbocycles. The van der Waals surface area contributed by atoms with Crippen LogP contribution in [0.4, 0.5) is 39.8 Å². The Bertz CT molecular complexity index is 1780. The molecule has 4 N–H and O–H groups in total. The second-order valence-electron chi connectivity index (χ2n) is 13.5. The molecule has 2 heterocycles. The highest BCUT2D eigenvalue weighted by Gasteiger charge is 2.32. The molecule has 292 valence electrons. The van der Waals surface area contributed by atoms with Gasteiger partial charge in [-0.15, -0.1) is 0 Å². The summed E-state index contributed by atoms with van der Waals surface area (Å²) in [7, 11) is 1.55. The Hall–Kier alpha value is -5.22. The van der Waals surface area contributed by atoms with Gasteiger partial charge in [0.2, 0.25) is 6.79 Å². The molecule has 54 heavy (non-hydrogen) atoms. The van der Waals surface area contributed by atoms with Gasteiger partial charge in [-0.1, -0.05) is 6.92 Å². The average molecular weight is 758 g/mol. The van der Waals surface area contributed by atoms with Crippen LogP contribution in [0.5, 0.6) is 17.2 Å². The van der Waals surface area contributed by atoms with Crippen LogP contribution in [0.3, 0.4) is 0 Å². The first kappa shape index (κ1) is 40.0. The number of anilines is 3. The molecular formula is C38H46F3N5O8. The molecule has 0 spiro atoms. The Morgan fingerprint density at radius 1 is 0.926 bits per heavy atom. The number of carbonyl (C=O) groups is 3. The molecule has 3 aromatic rings. The van der Waals surface area contributed by atoms with Crippen LogP contribution < -0.4 is 30.2 Å². The standard InChI is InChI=1S/C38H46F3N5O8/c1-23-19-46(24(2)21-47)35(48)30-17-28(42-36(49)43-29-13-15-32-33(18-29)53-22-52-32)12-14-31(30)54-25(3)7-5-6-16-51-34(23)20-45(4)37(50)44-27-10-8-26(9-11-27)38(39,40)41/h8-15,17-18,23-25,34,47H,5-7,16,19-22H2,1-4H3,(H,44,50)(H2,42,43,49)/t23-,24+,25-,34+/m1/s1. The summed E-state index contributed by atoms with van der Waals surface area (Å²) in [6.07, 6.45) is -3.23. The van der Waals surface area contributed by atoms with E-state index < -0.39 is 41.9 Å². The third kappa shape index (κ3) is 10.5. The van der Waals surface area contributed by atoms with Crippen LogP contribution in [0.15, 0.2) is 60.7 Å². The van der Waals surface area contributed by atoms with Crippen molar-refractivity contribution >= 4 is 35.0 Å². The molecule has 0 aromatic heterocycles. The predicted molar refractivity (Wildman–Crippen MR) is 195 cm³/mol. The minimum Gasteiger partial charge on any atom is -0.490 e. The van der Waals surface area contributed by atoms with E-state index in [0.717, 1.165) is 18.6 Å². The van der Waals surface area contributed by atoms with Crippen molar-refractivity contribution in [3.8, 4) is 17.2 Å². The van der Waals surface area contributed by atoms with Crippen LogP contribution in [-0.4, -0.2) is 91.3 Å². The molecule has 5 rings (SSSR count). The number of amides is 5. The number of ether oxygens (including phenoxy) is 4. The van der Waals surface area contributed by atoms with Crippen LogP contribution in [0.25, 0.3) is 0 Å². The highest BCUT2D eigenvalue weighted by atomic mass is 19.4. The van der Waals surface area contributed by atoms with E-state index in [1.54, 1.807) is 44.3 Å². The summed E-state index contributed by atoms with van der Waals surface area (Å²) in [5.74, 6) is 0.590. The summed E-state index contributed by atoms with van der Waals surface area (Å²) in [5, 5.41) is 18.4. The SMILES string of the molecule is C[C@@H]1CCCCO[C@@H](CN(C)C(=O)Nc2ccc(C(F)(F)F)cc2)[C@H](C)CN([C@@H](C)CO)C(=O)c2cc(NC(=O)Nc3ccc4c(c3)OCO4)ccc2O1. The van der Waals surface area contributed by atoms with E-state index in [9.17, 15) is 32.7 Å². The van der Waals surface area contributed by atoms with Crippen LogP contribution in [0.1, 0.15) is 56.0 Å². The quantitative estimate of drug-likeness (QED) is 0.201. The Balaban J connectivity index is 1.33. The fourth-order valence-corrected chi connectivity index (χ4v) is 6.04. The van der Waals surface area contributed by atoms with Gasteiger partial charge in [-0.2, -0.15) is 13.2 Å². The zero-order chi connectivity index (χ0) is 39.0. The molecule has 3 aromatic carbocycles. The van der Waals surface area contributed by atoms with E-state index in [1.165, 1.54) is 28.0 Å². The van der Waals surface area contributed by atoms with Gasteiger partial charge in [0, 0.05) is 55.8 Å². The molecule has 0 bridgehead atoms. The van der Waals surface area contributed by atoms with Gasteiger partial charge in [-0.3, -0.25) is 4.79 Å². The topological polar surface area (TPSA) is 151 Å². The second kappa shape index (κ2) is 17.7. The molecule has 16 heteroatoms. The van der Waals surface area contributed by atoms with Crippen molar-refractivity contribution in [2.75, 3.05) is 56.1 Å². The van der Waals surface area contributed by atoms with Crippen molar-refractivity contribution in [1.29, 1.82) is 0 Å². The first-order chi connectivity index (χ1) is 25.7. The summed E-state index contributed by atoms with van der Waals surface area (Å²) >= 11 is 0. The number of aliphatic hydroxyl groups is 1. The number of hydrogen-bond acceptors (Lipinski definition) is 8. The first-order valence-corrected chi connectivity index (χ1v) is 17.7. The summed E-state index contributed by atoms with van der Waals surface area (Å²) in [5.41, 5.74) is 0.343. The van der Waals surface area contributed by atoms with Gasteiger partial charge < -0.3 is 49.8 Å². The molecule has 13 nitrogen and oxygen atoms in total. The van der Waals surface area contributed by atoms with Crippen molar-refractivity contribution in [1.82, 2.24) is 9.80 Å². The Morgan fingerprint density at radius 3 is 2.26 bits per heavy atom. The zero-order valence-corrected chi connectivity index (χ0v) is 30.6. The minimum absolute atomic E-state index is 0.0933. The zero-order valence-electron chi connectivity index (χ0n) is 30.6. The van der Waals surface area contributed by atoms with Gasteiger partial charge in [0.25, 0.3) is 5.91 Å². The lowest BCUT2D eigenvalue weighted by molar-refractivity contribution is -0.137. The number of aliphatic hydroxyl groups excluding tert-OH is 1. The predicted octanol–water partition coefficient (Wildman–Crippen LogP) is 7.04. The summed E-state index contributed by atoms with van der Waals surface area (Å²) in [6.45, 7) is 5.83. The van der Waals surface area contributed by atoms with Gasteiger partial charge in [-0.25, -0.2) is 9.59 Å². The number of nitrogens with zero attached hydrogens (tertiary/aromatic N) is 2. The molecule has 0 saturated carbocycles. The maximum atomic E-state index is 14.4. The molecule has 0 saturated heterocycles. The summed E-state index contributed by atoms with van der Waals surface area (Å²) in [6, 6.07) is 12.2. The smallest absolute Gasteiger partial charge is 0.416 e. The second-order valence-corrected chi connectivity index (χ2v) is 13.5. The van der Waals surface area contributed by atoms with Crippen molar-refractivity contribution in [3.63, 3.8) is 0 Å². The highest BCUT2D eigenvalue weighted by Crippen LogP contribution is 2.35. The summed E-state index contributed by atoms with van der Waals surface area (Å²) < 4.78 is 62.3. The lowest BCUT2D eigenvalue weighted by Crippen LogP contribution is -2.48. The van der Waals surface area contributed by atoms with Crippen LogP contribution in [0.2, 0.25) is 0 Å². The molecule has 2 aliphatic rings. The van der Waals surface area contributed by atoms with Gasteiger partial charge in [0.1, 0.15) is 5.75 Å². The van der Waals surface area contributed by atoms with E-state index >= 15 is 0 Å². The molecule has 2 aliphatic heterocycles. The molecule has 4 atom stereocenters. The highest BCUT2D eigenvalue weighted by molar-refractivity contribution is 6.02. The van der Waals surface area contributed by atoms with Gasteiger partial charge in [-0.05, 0) is 87.7 Å². The van der Waals surface area contributed by atoms with Gasteiger partial charge in [0.15, 0.2) is 11.5 Å². The maximum Gasteiger partial charge on any atom is 0.416 e. The van der Waals surface area contributed by atoms with E-state index in [2.05, 4.69) is 16.0 Å². The normalized spacial score (nSPS) is 19.8. The number of benzene rings is 3. The summed E-state index contributed by atoms with van der Waals surface area (Å²) in [4.78, 5) is 43.4. The number of likely N-dealkylation sites (N-methyl/N-ethyl adjacent to an activating group) is 1. The Labute approximate surface area is 311 Å². The number of carbonyl (C=O) groups excluding carboxylic acids is 3. The van der Waals surface area contributed by atoms with Crippen molar-refractivity contribution in [2.45, 2.75) is 64.5 Å². The molecule has 0 fully saturated rings. The number of fused-ring (bicyclic) bond motifs is 2. The fraction of sp³-hybridized carbons (Fsp3) is 0.447. The average Bonchev–Trinajstić information content (AvgIpc) is 3.60. The maximum absolute atomic E-state index is 14.4. The lowest BCUT2D eigenvalue weighted by atomic mass is 10.0. The molecular weight excluding hydrogens is 711 g/mol. The number of hydrogen-bond donors (Lipinski definition) is 4. The Kier molecular flexibility index (Phi) is 13.1. The fourth-order valence-electron chi connectivity index (χ4n) is 6.04. The Morgan fingerprint density at radius 2 is 1.57 bits per heavy atom. The minimum atomic E-state index is -4.50. The number of urea groups is 2. The van der Waals surface area contributed by atoms with Crippen LogP contribution in [0, 0.1) is 5.92 Å². The number of alkyl halides is 3. The number of nitrogens with one attached hydrogen (secondary N) is 3. The molecule has 5 amide bonds. The van der Waals surface area contributed by atoms with Crippen molar-refractivity contribution < 1.29 is 51.6 Å². The van der Waals surface area contributed by atoms with Gasteiger partial charge in [0.05, 0.1) is 36.0 Å². The first-order valence-electron chi connectivity index (χ1n) is 17.7. The van der Waals surface area contributed by atoms with Crippen molar-refractivity contribution in [2.24, 2.45) is 5.92 Å². The third-order valence-electron chi connectivity index (χ3n) is 9.20. The largest absolute Gasteiger partial charge is 0.490 e. The van der Waals surface area contributed by atoms with E-state index in [1.807, 2.05) is 13.8 Å². The number of rotatable bonds is 7. The van der Waals surface area contributed by atoms with E-state index in [-0.39, 0.29) is 49.8 Å². The van der Waals surface area contributed by atoms with Crippen LogP contribution >= 0.6 is 0 Å². The molecule has 0 radical (unpaired) electrons. The van der Waals surface area contributed by atoms with Crippen LogP contribution in [-0.2, 0) is 10.9 Å². The van der Waals surface area contributed by atoms with Crippen molar-refractivity contribution in [3.05, 3.63) is 71.8 Å². The van der Waals surface area contributed by atoms with Gasteiger partial charge >= 0.3 is 18.2 Å².